The van der Waals surface area contributed by atoms with Crippen molar-refractivity contribution in [2.45, 2.75) is 24.6 Å². The molecule has 0 spiro atoms. The van der Waals surface area contributed by atoms with Gasteiger partial charge in [-0.3, -0.25) is 4.79 Å². The maximum atomic E-state index is 11.6. The molecule has 15 heavy (non-hydrogen) atoms. The van der Waals surface area contributed by atoms with Gasteiger partial charge >= 0.3 is 0 Å². The molecule has 1 heterocycles. The monoisotopic (exact) mass is 243 g/mol. The largest absolute Gasteiger partial charge is 0.300 e. The van der Waals surface area contributed by atoms with Crippen LogP contribution in [0.3, 0.4) is 0 Å². The van der Waals surface area contributed by atoms with E-state index in [0.29, 0.717) is 11.0 Å². The number of nitrogens with zero attached hydrogens (tertiary/aromatic N) is 2. The Morgan fingerprint density at radius 1 is 1.67 bits per heavy atom. The van der Waals surface area contributed by atoms with Gasteiger partial charge in [-0.05, 0) is 18.1 Å². The van der Waals surface area contributed by atoms with Gasteiger partial charge in [-0.2, -0.15) is 0 Å². The fourth-order valence-corrected chi connectivity index (χ4v) is 2.98. The Morgan fingerprint density at radius 2 is 2.40 bits per heavy atom. The zero-order valence-corrected chi connectivity index (χ0v) is 10.3. The van der Waals surface area contributed by atoms with Gasteiger partial charge in [0.15, 0.2) is 4.34 Å². The molecule has 0 aliphatic heterocycles. The maximum absolute atomic E-state index is 11.6. The number of carbonyl (C=O) groups excluding carboxylic acids is 1. The quantitative estimate of drug-likeness (QED) is 0.651. The van der Waals surface area contributed by atoms with Crippen LogP contribution in [0.2, 0.25) is 0 Å². The van der Waals surface area contributed by atoms with Gasteiger partial charge in [-0.25, -0.2) is 0 Å². The summed E-state index contributed by atoms with van der Waals surface area (Å²) < 4.78 is 0.914. The van der Waals surface area contributed by atoms with Gasteiger partial charge in [0.2, 0.25) is 11.0 Å². The lowest BCUT2D eigenvalue weighted by molar-refractivity contribution is -0.117. The van der Waals surface area contributed by atoms with Crippen LogP contribution < -0.4 is 5.32 Å². The van der Waals surface area contributed by atoms with E-state index in [1.807, 2.05) is 0 Å². The van der Waals surface area contributed by atoms with Gasteiger partial charge in [0.25, 0.3) is 0 Å². The van der Waals surface area contributed by atoms with Crippen LogP contribution in [0.15, 0.2) is 4.34 Å². The third-order valence-corrected chi connectivity index (χ3v) is 4.20. The summed E-state index contributed by atoms with van der Waals surface area (Å²) in [6.07, 6.45) is 1.00. The fraction of sp³-hybridized carbons (Fsp3) is 0.667. The molecule has 0 aromatic carbocycles. The number of carbonyl (C=O) groups is 1. The van der Waals surface area contributed by atoms with Crippen LogP contribution in [0.4, 0.5) is 5.13 Å². The molecule has 6 heteroatoms. The molecule has 1 aromatic rings. The second kappa shape index (κ2) is 4.49. The van der Waals surface area contributed by atoms with E-state index in [2.05, 4.69) is 29.4 Å². The van der Waals surface area contributed by atoms with Crippen LogP contribution in [0.25, 0.3) is 0 Å². The Kier molecular flexibility index (Phi) is 3.25. The summed E-state index contributed by atoms with van der Waals surface area (Å²) in [5, 5.41) is 11.3. The first-order valence-corrected chi connectivity index (χ1v) is 6.78. The average molecular weight is 243 g/mol. The summed E-state index contributed by atoms with van der Waals surface area (Å²) in [5.41, 5.74) is 0. The number of anilines is 1. The summed E-state index contributed by atoms with van der Waals surface area (Å²) in [6.45, 7) is 4.15. The van der Waals surface area contributed by atoms with Gasteiger partial charge in [-0.1, -0.05) is 36.9 Å². The van der Waals surface area contributed by atoms with E-state index in [9.17, 15) is 4.79 Å². The summed E-state index contributed by atoms with van der Waals surface area (Å²) in [6, 6.07) is 0. The smallest absolute Gasteiger partial charge is 0.229 e. The lowest BCUT2D eigenvalue weighted by atomic mass is 10.3. The maximum Gasteiger partial charge on any atom is 0.229 e. The molecule has 1 aromatic heterocycles. The fourth-order valence-electron chi connectivity index (χ4n) is 1.33. The minimum absolute atomic E-state index is 0.0895. The number of aromatic nitrogens is 2. The number of hydrogen-bond donors (Lipinski definition) is 1. The molecule has 2 rings (SSSR count). The zero-order chi connectivity index (χ0) is 10.8. The van der Waals surface area contributed by atoms with E-state index in [0.717, 1.165) is 16.5 Å². The van der Waals surface area contributed by atoms with Crippen molar-refractivity contribution in [3.05, 3.63) is 0 Å². The first-order valence-electron chi connectivity index (χ1n) is 4.98. The molecular weight excluding hydrogens is 230 g/mol. The van der Waals surface area contributed by atoms with Crippen LogP contribution >= 0.6 is 23.1 Å². The van der Waals surface area contributed by atoms with E-state index < -0.39 is 0 Å². The molecule has 0 radical (unpaired) electrons. The highest BCUT2D eigenvalue weighted by Crippen LogP contribution is 2.38. The summed E-state index contributed by atoms with van der Waals surface area (Å²) >= 11 is 3.08. The van der Waals surface area contributed by atoms with Crippen molar-refractivity contribution in [1.29, 1.82) is 0 Å². The molecule has 1 amide bonds. The number of hydrogen-bond acceptors (Lipinski definition) is 5. The minimum Gasteiger partial charge on any atom is -0.300 e. The Labute approximate surface area is 96.9 Å². The highest BCUT2D eigenvalue weighted by atomic mass is 32.2. The molecule has 1 N–H and O–H groups in total. The van der Waals surface area contributed by atoms with Crippen LogP contribution in [0.5, 0.6) is 0 Å². The Hall–Kier alpha value is -0.620. The molecule has 1 aliphatic carbocycles. The summed E-state index contributed by atoms with van der Waals surface area (Å²) in [7, 11) is 0. The van der Waals surface area contributed by atoms with Crippen molar-refractivity contribution in [3.8, 4) is 0 Å². The standard InChI is InChI=1S/C9H13N3OS2/c1-3-14-9-12-11-8(15-9)10-7(13)6-4-5(6)2/h5-6H,3-4H2,1-2H3,(H,10,11,13)/t5-,6+/m1/s1. The van der Waals surface area contributed by atoms with Crippen molar-refractivity contribution in [1.82, 2.24) is 10.2 Å². The predicted octanol–water partition coefficient (Wildman–Crippen LogP) is 2.24. The van der Waals surface area contributed by atoms with Crippen molar-refractivity contribution in [2.75, 3.05) is 11.1 Å². The van der Waals surface area contributed by atoms with Crippen molar-refractivity contribution in [2.24, 2.45) is 11.8 Å². The van der Waals surface area contributed by atoms with Crippen molar-refractivity contribution in [3.63, 3.8) is 0 Å². The van der Waals surface area contributed by atoms with Crippen LogP contribution in [0, 0.1) is 11.8 Å². The molecule has 2 atom stereocenters. The lowest BCUT2D eigenvalue weighted by Crippen LogP contribution is -2.14. The summed E-state index contributed by atoms with van der Waals surface area (Å²) in [4.78, 5) is 11.6. The number of thioether (sulfide) groups is 1. The molecule has 82 valence electrons. The predicted molar refractivity (Wildman–Crippen MR) is 62.2 cm³/mol. The first-order chi connectivity index (χ1) is 7.20. The topological polar surface area (TPSA) is 54.9 Å². The van der Waals surface area contributed by atoms with E-state index in [1.54, 1.807) is 11.8 Å². The second-order valence-corrected chi connectivity index (χ2v) is 6.10. The highest BCUT2D eigenvalue weighted by Gasteiger charge is 2.39. The van der Waals surface area contributed by atoms with Gasteiger partial charge in [0.05, 0.1) is 0 Å². The first kappa shape index (κ1) is 10.9. The van der Waals surface area contributed by atoms with Gasteiger partial charge in [0, 0.05) is 5.92 Å². The van der Waals surface area contributed by atoms with E-state index >= 15 is 0 Å². The van der Waals surface area contributed by atoms with E-state index in [-0.39, 0.29) is 11.8 Å². The Morgan fingerprint density at radius 3 is 3.00 bits per heavy atom. The van der Waals surface area contributed by atoms with Crippen LogP contribution in [-0.2, 0) is 4.79 Å². The normalized spacial score (nSPS) is 23.9. The average Bonchev–Trinajstić information content (AvgIpc) is 2.76. The molecule has 0 bridgehead atoms. The van der Waals surface area contributed by atoms with Crippen molar-refractivity contribution < 1.29 is 4.79 Å². The second-order valence-electron chi connectivity index (χ2n) is 3.61. The molecule has 0 saturated heterocycles. The number of nitrogens with one attached hydrogen (secondary N) is 1. The highest BCUT2D eigenvalue weighted by molar-refractivity contribution is 8.01. The Bertz CT molecular complexity index is 366. The van der Waals surface area contributed by atoms with E-state index in [1.165, 1.54) is 11.3 Å². The molecular formula is C9H13N3OS2. The van der Waals surface area contributed by atoms with Gasteiger partial charge in [0.1, 0.15) is 0 Å². The molecule has 1 fully saturated rings. The van der Waals surface area contributed by atoms with Gasteiger partial charge < -0.3 is 5.32 Å². The molecule has 1 aliphatic rings. The molecule has 1 saturated carbocycles. The third-order valence-electron chi connectivity index (χ3n) is 2.35. The lowest BCUT2D eigenvalue weighted by Gasteiger charge is -1.97. The van der Waals surface area contributed by atoms with Gasteiger partial charge in [-0.15, -0.1) is 10.2 Å². The Balaban J connectivity index is 1.90. The van der Waals surface area contributed by atoms with Crippen molar-refractivity contribution >= 4 is 34.1 Å². The van der Waals surface area contributed by atoms with Crippen LogP contribution in [0.1, 0.15) is 20.3 Å². The molecule has 0 unspecified atom stereocenters. The zero-order valence-electron chi connectivity index (χ0n) is 8.69. The number of amides is 1. The van der Waals surface area contributed by atoms with Crippen LogP contribution in [-0.4, -0.2) is 21.9 Å². The third kappa shape index (κ3) is 2.69. The SMILES string of the molecule is CCSc1nnc(NC(=O)[C@H]2C[C@H]2C)s1. The molecule has 4 nitrogen and oxygen atoms in total. The minimum atomic E-state index is 0.0895. The number of rotatable bonds is 4. The summed E-state index contributed by atoms with van der Waals surface area (Å²) in [5.74, 6) is 1.78. The van der Waals surface area contributed by atoms with E-state index in [4.69, 9.17) is 0 Å².